The minimum absolute atomic E-state index is 0.607. The van der Waals surface area contributed by atoms with Gasteiger partial charge in [0.05, 0.1) is 19.8 Å². The minimum atomic E-state index is 0.607. The van der Waals surface area contributed by atoms with Crippen molar-refractivity contribution in [1.82, 2.24) is 14.8 Å². The Morgan fingerprint density at radius 1 is 1.21 bits per heavy atom. The maximum absolute atomic E-state index is 5.86. The summed E-state index contributed by atoms with van der Waals surface area (Å²) in [4.78, 5) is 2.23. The summed E-state index contributed by atoms with van der Waals surface area (Å²) in [7, 11) is 0. The van der Waals surface area contributed by atoms with Crippen LogP contribution in [0.1, 0.15) is 6.92 Å². The predicted molar refractivity (Wildman–Crippen MR) is 96.4 cm³/mol. The molecular formula is C16H21ClN4O2S. The highest BCUT2D eigenvalue weighted by molar-refractivity contribution is 7.99. The van der Waals surface area contributed by atoms with E-state index in [4.69, 9.17) is 21.1 Å². The first kappa shape index (κ1) is 17.4. The molecule has 1 aliphatic heterocycles. The zero-order valence-corrected chi connectivity index (χ0v) is 15.2. The van der Waals surface area contributed by atoms with E-state index in [0.717, 1.165) is 55.5 Å². The summed E-state index contributed by atoms with van der Waals surface area (Å²) in [6, 6.07) is 7.40. The second-order valence-electron chi connectivity index (χ2n) is 5.28. The average molecular weight is 369 g/mol. The monoisotopic (exact) mass is 368 g/mol. The number of halogens is 1. The summed E-state index contributed by atoms with van der Waals surface area (Å²) in [5, 5.41) is 10.3. The number of benzene rings is 1. The first-order valence-electron chi connectivity index (χ1n) is 8.05. The molecule has 130 valence electrons. The van der Waals surface area contributed by atoms with E-state index in [1.54, 1.807) is 11.8 Å². The molecule has 0 aliphatic carbocycles. The van der Waals surface area contributed by atoms with Crippen molar-refractivity contribution in [2.45, 2.75) is 18.6 Å². The number of anilines is 1. The van der Waals surface area contributed by atoms with Crippen LogP contribution in [0.2, 0.25) is 5.02 Å². The Morgan fingerprint density at radius 3 is 2.67 bits per heavy atom. The molecule has 1 aromatic heterocycles. The molecule has 0 bridgehead atoms. The molecule has 3 rings (SSSR count). The number of nitrogens with zero attached hydrogens (tertiary/aromatic N) is 4. The fourth-order valence-electron chi connectivity index (χ4n) is 2.49. The molecule has 24 heavy (non-hydrogen) atoms. The number of hydrogen-bond acceptors (Lipinski definition) is 6. The molecule has 1 aromatic carbocycles. The van der Waals surface area contributed by atoms with Gasteiger partial charge < -0.3 is 14.4 Å². The maximum atomic E-state index is 5.86. The highest BCUT2D eigenvalue weighted by Gasteiger charge is 2.19. The van der Waals surface area contributed by atoms with E-state index in [-0.39, 0.29) is 0 Å². The molecule has 8 heteroatoms. The number of hydrogen-bond donors (Lipinski definition) is 0. The van der Waals surface area contributed by atoms with E-state index in [0.29, 0.717) is 11.6 Å². The number of thioether (sulfide) groups is 1. The summed E-state index contributed by atoms with van der Waals surface area (Å²) >= 11 is 7.52. The molecule has 1 aliphatic rings. The van der Waals surface area contributed by atoms with Crippen molar-refractivity contribution >= 4 is 29.3 Å². The Hall–Kier alpha value is -1.44. The molecule has 0 saturated carbocycles. The van der Waals surface area contributed by atoms with Crippen LogP contribution >= 0.6 is 23.4 Å². The van der Waals surface area contributed by atoms with Crippen molar-refractivity contribution in [1.29, 1.82) is 0 Å². The SMILES string of the molecule is CCn1c(SCCOc2ccc(Cl)cc2)nnc1N1CCOCC1. The Bertz CT molecular complexity index is 644. The number of ether oxygens (including phenoxy) is 2. The normalized spacial score (nSPS) is 14.8. The van der Waals surface area contributed by atoms with E-state index < -0.39 is 0 Å². The van der Waals surface area contributed by atoms with Gasteiger partial charge in [0.25, 0.3) is 0 Å². The quantitative estimate of drug-likeness (QED) is 0.553. The lowest BCUT2D eigenvalue weighted by Crippen LogP contribution is -2.38. The van der Waals surface area contributed by atoms with Crippen molar-refractivity contribution in [3.63, 3.8) is 0 Å². The van der Waals surface area contributed by atoms with Crippen LogP contribution in [-0.2, 0) is 11.3 Å². The molecular weight excluding hydrogens is 348 g/mol. The number of morpholine rings is 1. The van der Waals surface area contributed by atoms with Crippen molar-refractivity contribution in [3.05, 3.63) is 29.3 Å². The Labute approximate surface area is 151 Å². The van der Waals surface area contributed by atoms with Crippen LogP contribution in [0.4, 0.5) is 5.95 Å². The molecule has 1 saturated heterocycles. The highest BCUT2D eigenvalue weighted by atomic mass is 35.5. The van der Waals surface area contributed by atoms with Gasteiger partial charge in [0.1, 0.15) is 5.75 Å². The third-order valence-corrected chi connectivity index (χ3v) is 4.89. The van der Waals surface area contributed by atoms with E-state index in [2.05, 4.69) is 26.6 Å². The molecule has 0 atom stereocenters. The topological polar surface area (TPSA) is 52.4 Å². The summed E-state index contributed by atoms with van der Waals surface area (Å²) < 4.78 is 13.3. The third kappa shape index (κ3) is 4.34. The minimum Gasteiger partial charge on any atom is -0.493 e. The second-order valence-corrected chi connectivity index (χ2v) is 6.78. The Morgan fingerprint density at radius 2 is 1.96 bits per heavy atom. The van der Waals surface area contributed by atoms with Crippen LogP contribution in [0.3, 0.4) is 0 Å². The molecule has 1 fully saturated rings. The summed E-state index contributed by atoms with van der Waals surface area (Å²) in [5.74, 6) is 2.57. The summed E-state index contributed by atoms with van der Waals surface area (Å²) in [6.45, 7) is 6.78. The molecule has 2 heterocycles. The van der Waals surface area contributed by atoms with E-state index in [9.17, 15) is 0 Å². The van der Waals surface area contributed by atoms with Crippen LogP contribution in [0.5, 0.6) is 5.75 Å². The van der Waals surface area contributed by atoms with Crippen LogP contribution in [0.25, 0.3) is 0 Å². The fourth-order valence-corrected chi connectivity index (χ4v) is 3.43. The maximum Gasteiger partial charge on any atom is 0.228 e. The van der Waals surface area contributed by atoms with E-state index in [1.165, 1.54) is 0 Å². The van der Waals surface area contributed by atoms with E-state index in [1.807, 2.05) is 24.3 Å². The predicted octanol–water partition coefficient (Wildman–Crippen LogP) is 2.96. The Kier molecular flexibility index (Phi) is 6.23. The van der Waals surface area contributed by atoms with Gasteiger partial charge >= 0.3 is 0 Å². The lowest BCUT2D eigenvalue weighted by Gasteiger charge is -2.27. The first-order valence-corrected chi connectivity index (χ1v) is 9.41. The lowest BCUT2D eigenvalue weighted by molar-refractivity contribution is 0.121. The molecule has 2 aromatic rings. The lowest BCUT2D eigenvalue weighted by atomic mass is 10.3. The van der Waals surface area contributed by atoms with Gasteiger partial charge in [-0.05, 0) is 31.2 Å². The molecule has 0 N–H and O–H groups in total. The molecule has 0 amide bonds. The summed E-state index contributed by atoms with van der Waals surface area (Å²) in [5.41, 5.74) is 0. The van der Waals surface area contributed by atoms with Crippen molar-refractivity contribution in [3.8, 4) is 5.75 Å². The first-order chi connectivity index (χ1) is 11.8. The van der Waals surface area contributed by atoms with Crippen LogP contribution < -0.4 is 9.64 Å². The van der Waals surface area contributed by atoms with Gasteiger partial charge in [-0.25, -0.2) is 0 Å². The van der Waals surface area contributed by atoms with Gasteiger partial charge in [-0.1, -0.05) is 23.4 Å². The fraction of sp³-hybridized carbons (Fsp3) is 0.500. The molecule has 6 nitrogen and oxygen atoms in total. The van der Waals surface area contributed by atoms with Crippen LogP contribution in [-0.4, -0.2) is 53.4 Å². The van der Waals surface area contributed by atoms with Crippen LogP contribution in [0.15, 0.2) is 29.4 Å². The van der Waals surface area contributed by atoms with Crippen LogP contribution in [0, 0.1) is 0 Å². The van der Waals surface area contributed by atoms with Gasteiger partial charge in [-0.15, -0.1) is 10.2 Å². The van der Waals surface area contributed by atoms with Gasteiger partial charge in [-0.2, -0.15) is 0 Å². The van der Waals surface area contributed by atoms with Crippen molar-refractivity contribution in [2.24, 2.45) is 0 Å². The molecule has 0 spiro atoms. The van der Waals surface area contributed by atoms with Gasteiger partial charge in [0, 0.05) is 30.4 Å². The van der Waals surface area contributed by atoms with Crippen molar-refractivity contribution in [2.75, 3.05) is 43.6 Å². The van der Waals surface area contributed by atoms with Gasteiger partial charge in [-0.3, -0.25) is 4.57 Å². The molecule has 0 radical (unpaired) electrons. The highest BCUT2D eigenvalue weighted by Crippen LogP contribution is 2.23. The smallest absolute Gasteiger partial charge is 0.228 e. The van der Waals surface area contributed by atoms with Crippen molar-refractivity contribution < 1.29 is 9.47 Å². The summed E-state index contributed by atoms with van der Waals surface area (Å²) in [6.07, 6.45) is 0. The zero-order chi connectivity index (χ0) is 16.8. The average Bonchev–Trinajstić information content (AvgIpc) is 3.04. The number of aromatic nitrogens is 3. The third-order valence-electron chi connectivity index (χ3n) is 3.70. The van der Waals surface area contributed by atoms with Gasteiger partial charge in [0.2, 0.25) is 5.95 Å². The second kappa shape index (κ2) is 8.60. The molecule has 0 unspecified atom stereocenters. The zero-order valence-electron chi connectivity index (χ0n) is 13.7. The van der Waals surface area contributed by atoms with E-state index >= 15 is 0 Å². The standard InChI is InChI=1S/C16H21ClN4O2S/c1-2-21-15(20-7-9-22-10-8-20)18-19-16(21)24-12-11-23-14-5-3-13(17)4-6-14/h3-6H,2,7-12H2,1H3. The Balaban J connectivity index is 1.53. The largest absolute Gasteiger partial charge is 0.493 e. The van der Waals surface area contributed by atoms with Gasteiger partial charge in [0.15, 0.2) is 5.16 Å². The number of rotatable bonds is 7.